The van der Waals surface area contributed by atoms with Gasteiger partial charge in [0.05, 0.1) is 27.3 Å². The average Bonchev–Trinajstić information content (AvgIpc) is 3.60. The van der Waals surface area contributed by atoms with Crippen LogP contribution in [0.5, 0.6) is 23.0 Å². The number of hydrazine groups is 1. The van der Waals surface area contributed by atoms with Crippen LogP contribution in [0.1, 0.15) is 11.1 Å². The van der Waals surface area contributed by atoms with Crippen LogP contribution in [0.15, 0.2) is 60.7 Å². The second-order valence-electron chi connectivity index (χ2n) is 11.1. The first-order valence-electron chi connectivity index (χ1n) is 14.2. The third-order valence-electron chi connectivity index (χ3n) is 8.17. The molecule has 0 fully saturated rings. The SMILES string of the molecule is COc1cc2c(c(-c3ccc(F)cc3F)c1)OC(CN(C)N(C)CC1Cc3cc(OC)cc(-c4cc(F)ccc4F)c3O1)C2. The minimum Gasteiger partial charge on any atom is -0.497 e. The summed E-state index contributed by atoms with van der Waals surface area (Å²) in [5.41, 5.74) is 3.03. The third kappa shape index (κ3) is 5.79. The van der Waals surface area contributed by atoms with Gasteiger partial charge in [0, 0.05) is 66.4 Å². The average molecular weight is 609 g/mol. The van der Waals surface area contributed by atoms with E-state index in [-0.39, 0.29) is 23.3 Å². The van der Waals surface area contributed by atoms with Crippen molar-refractivity contribution in [3.8, 4) is 45.3 Å². The van der Waals surface area contributed by atoms with Gasteiger partial charge in [-0.05, 0) is 54.6 Å². The monoisotopic (exact) mass is 608 g/mol. The van der Waals surface area contributed by atoms with E-state index in [1.165, 1.54) is 19.2 Å². The smallest absolute Gasteiger partial charge is 0.134 e. The van der Waals surface area contributed by atoms with Crippen LogP contribution >= 0.6 is 0 Å². The Bertz CT molecular complexity index is 1720. The summed E-state index contributed by atoms with van der Waals surface area (Å²) in [7, 11) is 6.94. The number of benzene rings is 4. The molecule has 230 valence electrons. The highest BCUT2D eigenvalue weighted by Crippen LogP contribution is 2.44. The topological polar surface area (TPSA) is 43.4 Å². The lowest BCUT2D eigenvalue weighted by Crippen LogP contribution is -2.46. The van der Waals surface area contributed by atoms with Crippen molar-refractivity contribution < 1.29 is 36.5 Å². The quantitative estimate of drug-likeness (QED) is 0.156. The number of likely N-dealkylation sites (N-methyl/N-ethyl adjacent to an activating group) is 2. The summed E-state index contributed by atoms with van der Waals surface area (Å²) in [5.74, 6) is -0.262. The molecular formula is C34H32F4N2O4. The molecule has 2 aliphatic heterocycles. The molecule has 4 aromatic rings. The molecule has 2 unspecified atom stereocenters. The van der Waals surface area contributed by atoms with Crippen molar-refractivity contribution in [1.82, 2.24) is 10.0 Å². The van der Waals surface area contributed by atoms with E-state index in [2.05, 4.69) is 0 Å². The van der Waals surface area contributed by atoms with Crippen LogP contribution in [0.2, 0.25) is 0 Å². The lowest BCUT2D eigenvalue weighted by atomic mass is 9.99. The van der Waals surface area contributed by atoms with Crippen molar-refractivity contribution in [2.45, 2.75) is 25.0 Å². The zero-order chi connectivity index (χ0) is 31.1. The van der Waals surface area contributed by atoms with Gasteiger partial charge >= 0.3 is 0 Å². The molecule has 0 N–H and O–H groups in total. The molecule has 0 radical (unpaired) electrons. The number of methoxy groups -OCH3 is 2. The van der Waals surface area contributed by atoms with Crippen molar-refractivity contribution in [1.29, 1.82) is 0 Å². The molecular weight excluding hydrogens is 576 g/mol. The highest BCUT2D eigenvalue weighted by atomic mass is 19.1. The Balaban J connectivity index is 1.15. The summed E-state index contributed by atoms with van der Waals surface area (Å²) in [4.78, 5) is 0. The summed E-state index contributed by atoms with van der Waals surface area (Å²) in [6.45, 7) is 1.03. The van der Waals surface area contributed by atoms with Crippen molar-refractivity contribution in [2.24, 2.45) is 0 Å². The Morgan fingerprint density at radius 1 is 0.614 bits per heavy atom. The molecule has 2 aliphatic rings. The Labute approximate surface area is 253 Å². The molecule has 0 bridgehead atoms. The van der Waals surface area contributed by atoms with Crippen molar-refractivity contribution >= 4 is 0 Å². The third-order valence-corrected chi connectivity index (χ3v) is 8.17. The summed E-state index contributed by atoms with van der Waals surface area (Å²) in [5, 5.41) is 4.04. The van der Waals surface area contributed by atoms with Gasteiger partial charge in [-0.15, -0.1) is 0 Å². The van der Waals surface area contributed by atoms with E-state index in [1.807, 2.05) is 36.2 Å². The van der Waals surface area contributed by atoms with E-state index in [9.17, 15) is 17.6 Å². The first kappa shape index (κ1) is 29.8. The molecule has 0 saturated heterocycles. The molecule has 6 rings (SSSR count). The predicted molar refractivity (Wildman–Crippen MR) is 158 cm³/mol. The Morgan fingerprint density at radius 2 is 1.11 bits per heavy atom. The van der Waals surface area contributed by atoms with Crippen molar-refractivity contribution in [2.75, 3.05) is 41.4 Å². The predicted octanol–water partition coefficient (Wildman–Crippen LogP) is 6.68. The summed E-state index contributed by atoms with van der Waals surface area (Å²) in [6, 6.07) is 13.9. The minimum atomic E-state index is -0.678. The van der Waals surface area contributed by atoms with E-state index in [0.717, 1.165) is 35.4 Å². The van der Waals surface area contributed by atoms with Gasteiger partial charge in [0.15, 0.2) is 0 Å². The number of hydrogen-bond acceptors (Lipinski definition) is 6. The molecule has 6 nitrogen and oxygen atoms in total. The van der Waals surface area contributed by atoms with E-state index >= 15 is 0 Å². The molecule has 44 heavy (non-hydrogen) atoms. The fraction of sp³-hybridized carbons (Fsp3) is 0.294. The van der Waals surface area contributed by atoms with Gasteiger partial charge in [-0.25, -0.2) is 27.6 Å². The minimum absolute atomic E-state index is 0.112. The lowest BCUT2D eigenvalue weighted by Gasteiger charge is -2.31. The standard InChI is InChI=1S/C34H32F4N2O4/c1-39(17-25-11-19-9-23(41-3)15-29(33(19)43-25)27-7-5-22(36)14-32(27)38)40(2)18-26-12-20-10-24(42-4)16-30(34(20)44-26)28-13-21(35)6-8-31(28)37/h5-10,13-16,25-26H,11-12,17-18H2,1-4H3. The van der Waals surface area contributed by atoms with Gasteiger partial charge in [0.25, 0.3) is 0 Å². The Kier molecular flexibility index (Phi) is 8.13. The summed E-state index contributed by atoms with van der Waals surface area (Å²) >= 11 is 0. The van der Waals surface area contributed by atoms with Crippen molar-refractivity contribution in [3.05, 3.63) is 95.1 Å². The van der Waals surface area contributed by atoms with E-state index < -0.39 is 23.3 Å². The highest BCUT2D eigenvalue weighted by Gasteiger charge is 2.32. The normalized spacial score (nSPS) is 17.0. The summed E-state index contributed by atoms with van der Waals surface area (Å²) < 4.78 is 80.7. The molecule has 4 aromatic carbocycles. The van der Waals surface area contributed by atoms with Gasteiger partial charge in [-0.3, -0.25) is 0 Å². The highest BCUT2D eigenvalue weighted by molar-refractivity contribution is 5.76. The molecule has 0 spiro atoms. The summed E-state index contributed by atoms with van der Waals surface area (Å²) in [6.07, 6.45) is 0.653. The van der Waals surface area contributed by atoms with Crippen LogP contribution in [0.25, 0.3) is 22.3 Å². The van der Waals surface area contributed by atoms with Crippen LogP contribution in [0.3, 0.4) is 0 Å². The van der Waals surface area contributed by atoms with Crippen LogP contribution in [0.4, 0.5) is 17.6 Å². The van der Waals surface area contributed by atoms with Crippen LogP contribution in [0, 0.1) is 23.3 Å². The zero-order valence-electron chi connectivity index (χ0n) is 24.8. The Morgan fingerprint density at radius 3 is 1.64 bits per heavy atom. The number of hydrogen-bond donors (Lipinski definition) is 0. The van der Waals surface area contributed by atoms with Crippen molar-refractivity contribution in [3.63, 3.8) is 0 Å². The fourth-order valence-corrected chi connectivity index (χ4v) is 5.93. The van der Waals surface area contributed by atoms with Gasteiger partial charge in [0.2, 0.25) is 0 Å². The molecule has 2 atom stereocenters. The second-order valence-corrected chi connectivity index (χ2v) is 11.1. The number of fused-ring (bicyclic) bond motifs is 2. The van der Waals surface area contributed by atoms with Gasteiger partial charge in [0.1, 0.15) is 58.5 Å². The first-order valence-corrected chi connectivity index (χ1v) is 14.2. The van der Waals surface area contributed by atoms with E-state index in [0.29, 0.717) is 60.1 Å². The van der Waals surface area contributed by atoms with Crippen LogP contribution < -0.4 is 18.9 Å². The Hall–Kier alpha value is -4.28. The maximum Gasteiger partial charge on any atom is 0.134 e. The van der Waals surface area contributed by atoms with E-state index in [1.54, 1.807) is 19.2 Å². The fourth-order valence-electron chi connectivity index (χ4n) is 5.93. The first-order chi connectivity index (χ1) is 21.1. The van der Waals surface area contributed by atoms with Crippen LogP contribution in [-0.4, -0.2) is 63.6 Å². The zero-order valence-corrected chi connectivity index (χ0v) is 24.8. The number of ether oxygens (including phenoxy) is 4. The van der Waals surface area contributed by atoms with Gasteiger partial charge < -0.3 is 18.9 Å². The maximum absolute atomic E-state index is 14.7. The van der Waals surface area contributed by atoms with E-state index in [4.69, 9.17) is 18.9 Å². The largest absolute Gasteiger partial charge is 0.497 e. The van der Waals surface area contributed by atoms with Crippen LogP contribution in [-0.2, 0) is 12.8 Å². The molecule has 0 amide bonds. The number of halogens is 4. The maximum atomic E-state index is 14.7. The van der Waals surface area contributed by atoms with Gasteiger partial charge in [-0.2, -0.15) is 0 Å². The number of nitrogens with zero attached hydrogens (tertiary/aromatic N) is 2. The molecule has 0 saturated carbocycles. The number of rotatable bonds is 9. The molecule has 10 heteroatoms. The molecule has 2 heterocycles. The second kappa shape index (κ2) is 12.0. The molecule has 0 aliphatic carbocycles. The molecule has 0 aromatic heterocycles. The van der Waals surface area contributed by atoms with Gasteiger partial charge in [-0.1, -0.05) is 0 Å². The lowest BCUT2D eigenvalue weighted by molar-refractivity contribution is -0.0221.